The molecule has 2 aromatic rings. The molecule has 0 radical (unpaired) electrons. The first-order valence-electron chi connectivity index (χ1n) is 6.83. The number of aryl methyl sites for hydroxylation is 1. The van der Waals surface area contributed by atoms with Crippen LogP contribution in [0, 0.1) is 6.92 Å². The minimum Gasteiger partial charge on any atom is -0.497 e. The molecule has 0 heterocycles. The fraction of sp³-hybridized carbons (Fsp3) is 0.176. The zero-order valence-electron chi connectivity index (χ0n) is 12.6. The van der Waals surface area contributed by atoms with Gasteiger partial charge in [0.05, 0.1) is 13.3 Å². The Balaban J connectivity index is 1.76. The van der Waals surface area contributed by atoms with E-state index in [0.717, 1.165) is 16.9 Å². The molecule has 1 amide bonds. The van der Waals surface area contributed by atoms with E-state index in [1.54, 1.807) is 13.3 Å². The van der Waals surface area contributed by atoms with Crippen LogP contribution >= 0.6 is 0 Å². The van der Waals surface area contributed by atoms with Gasteiger partial charge >= 0.3 is 0 Å². The summed E-state index contributed by atoms with van der Waals surface area (Å²) in [6.45, 7) is 1.91. The molecule has 114 valence electrons. The maximum absolute atomic E-state index is 11.6. The van der Waals surface area contributed by atoms with Crippen molar-refractivity contribution < 1.29 is 14.3 Å². The summed E-state index contributed by atoms with van der Waals surface area (Å²) < 4.78 is 10.4. The maximum Gasteiger partial charge on any atom is 0.277 e. The second kappa shape index (κ2) is 7.83. The largest absolute Gasteiger partial charge is 0.497 e. The summed E-state index contributed by atoms with van der Waals surface area (Å²) in [5.74, 6) is 1.11. The van der Waals surface area contributed by atoms with Crippen LogP contribution in [0.1, 0.15) is 11.1 Å². The van der Waals surface area contributed by atoms with Gasteiger partial charge in [-0.05, 0) is 48.9 Å². The Bertz CT molecular complexity index is 634. The lowest BCUT2D eigenvalue weighted by Crippen LogP contribution is -2.24. The molecule has 0 saturated carbocycles. The molecule has 0 atom stereocenters. The first kappa shape index (κ1) is 15.6. The van der Waals surface area contributed by atoms with Crippen LogP contribution < -0.4 is 14.9 Å². The third kappa shape index (κ3) is 4.94. The molecule has 1 N–H and O–H groups in total. The fourth-order valence-electron chi connectivity index (χ4n) is 1.68. The van der Waals surface area contributed by atoms with Gasteiger partial charge < -0.3 is 9.47 Å². The van der Waals surface area contributed by atoms with Crippen LogP contribution in [0.2, 0.25) is 0 Å². The van der Waals surface area contributed by atoms with Crippen LogP contribution in [0.25, 0.3) is 0 Å². The Morgan fingerprint density at radius 2 is 1.73 bits per heavy atom. The van der Waals surface area contributed by atoms with Crippen LogP contribution in [0.5, 0.6) is 11.5 Å². The summed E-state index contributed by atoms with van der Waals surface area (Å²) in [4.78, 5) is 11.6. The number of benzene rings is 2. The van der Waals surface area contributed by atoms with E-state index in [9.17, 15) is 4.79 Å². The van der Waals surface area contributed by atoms with E-state index in [0.29, 0.717) is 5.75 Å². The first-order chi connectivity index (χ1) is 10.7. The predicted molar refractivity (Wildman–Crippen MR) is 85.4 cm³/mol. The molecule has 0 aliphatic heterocycles. The number of nitrogens with one attached hydrogen (secondary N) is 1. The van der Waals surface area contributed by atoms with Crippen LogP contribution in [0.3, 0.4) is 0 Å². The smallest absolute Gasteiger partial charge is 0.277 e. The monoisotopic (exact) mass is 298 g/mol. The van der Waals surface area contributed by atoms with E-state index in [1.807, 2.05) is 55.5 Å². The van der Waals surface area contributed by atoms with Gasteiger partial charge in [0.25, 0.3) is 5.91 Å². The van der Waals surface area contributed by atoms with Crippen molar-refractivity contribution in [1.82, 2.24) is 5.43 Å². The van der Waals surface area contributed by atoms with Crippen LogP contribution in [-0.4, -0.2) is 25.8 Å². The van der Waals surface area contributed by atoms with Crippen molar-refractivity contribution in [2.45, 2.75) is 6.92 Å². The average Bonchev–Trinajstić information content (AvgIpc) is 2.55. The minimum atomic E-state index is -0.315. The lowest BCUT2D eigenvalue weighted by Gasteiger charge is -2.05. The molecule has 0 saturated heterocycles. The van der Waals surface area contributed by atoms with Gasteiger partial charge in [-0.15, -0.1) is 0 Å². The summed E-state index contributed by atoms with van der Waals surface area (Å²) in [7, 11) is 1.61. The van der Waals surface area contributed by atoms with E-state index in [1.165, 1.54) is 0 Å². The van der Waals surface area contributed by atoms with Crippen molar-refractivity contribution >= 4 is 12.1 Å². The first-order valence-corrected chi connectivity index (χ1v) is 6.83. The van der Waals surface area contributed by atoms with Gasteiger partial charge in [0.1, 0.15) is 11.5 Å². The summed E-state index contributed by atoms with van der Waals surface area (Å²) in [6.07, 6.45) is 1.56. The zero-order chi connectivity index (χ0) is 15.8. The van der Waals surface area contributed by atoms with Gasteiger partial charge in [-0.3, -0.25) is 4.79 Å². The molecular formula is C17H18N2O3. The Labute approximate surface area is 129 Å². The van der Waals surface area contributed by atoms with Gasteiger partial charge in [0.2, 0.25) is 0 Å². The highest BCUT2D eigenvalue weighted by Crippen LogP contribution is 2.11. The summed E-state index contributed by atoms with van der Waals surface area (Å²) in [5.41, 5.74) is 4.42. The number of carbonyl (C=O) groups is 1. The molecular weight excluding hydrogens is 280 g/mol. The Morgan fingerprint density at radius 3 is 2.36 bits per heavy atom. The van der Waals surface area contributed by atoms with Crippen molar-refractivity contribution in [2.24, 2.45) is 5.10 Å². The molecule has 5 nitrogen and oxygen atoms in total. The van der Waals surface area contributed by atoms with Crippen molar-refractivity contribution in [3.05, 3.63) is 59.7 Å². The van der Waals surface area contributed by atoms with Gasteiger partial charge in [0.15, 0.2) is 6.61 Å². The predicted octanol–water partition coefficient (Wildman–Crippen LogP) is 2.53. The lowest BCUT2D eigenvalue weighted by atomic mass is 10.2. The highest BCUT2D eigenvalue weighted by Gasteiger charge is 2.01. The van der Waals surface area contributed by atoms with Gasteiger partial charge in [-0.25, -0.2) is 5.43 Å². The second-order valence-corrected chi connectivity index (χ2v) is 4.67. The Morgan fingerprint density at radius 1 is 1.09 bits per heavy atom. The molecule has 22 heavy (non-hydrogen) atoms. The molecule has 0 aliphatic rings. The van der Waals surface area contributed by atoms with E-state index in [-0.39, 0.29) is 12.5 Å². The van der Waals surface area contributed by atoms with Crippen molar-refractivity contribution in [1.29, 1.82) is 0 Å². The van der Waals surface area contributed by atoms with Gasteiger partial charge in [0, 0.05) is 0 Å². The van der Waals surface area contributed by atoms with Crippen LogP contribution in [-0.2, 0) is 4.79 Å². The number of ether oxygens (including phenoxy) is 2. The van der Waals surface area contributed by atoms with Crippen molar-refractivity contribution in [3.63, 3.8) is 0 Å². The molecule has 0 aliphatic carbocycles. The number of hydrogen-bond donors (Lipinski definition) is 1. The second-order valence-electron chi connectivity index (χ2n) is 4.67. The summed E-state index contributed by atoms with van der Waals surface area (Å²) >= 11 is 0. The van der Waals surface area contributed by atoms with Crippen molar-refractivity contribution in [3.8, 4) is 11.5 Å². The molecule has 0 bridgehead atoms. The third-order valence-corrected chi connectivity index (χ3v) is 2.91. The summed E-state index contributed by atoms with van der Waals surface area (Å²) in [6, 6.07) is 14.8. The number of carbonyl (C=O) groups excluding carboxylic acids is 1. The lowest BCUT2D eigenvalue weighted by molar-refractivity contribution is -0.123. The number of hydrogen-bond acceptors (Lipinski definition) is 4. The standard InChI is InChI=1S/C17H18N2O3/c1-13-3-7-16(8-4-13)22-12-17(20)19-18-11-14-5-9-15(21-2)10-6-14/h3-11H,12H2,1-2H3,(H,19,20)/b18-11+. The molecule has 2 aromatic carbocycles. The van der Waals surface area contributed by atoms with E-state index in [4.69, 9.17) is 9.47 Å². The zero-order valence-corrected chi connectivity index (χ0v) is 12.6. The SMILES string of the molecule is COc1ccc(/C=N/NC(=O)COc2ccc(C)cc2)cc1. The fourth-order valence-corrected chi connectivity index (χ4v) is 1.68. The topological polar surface area (TPSA) is 59.9 Å². The van der Waals surface area contributed by atoms with Crippen LogP contribution in [0.15, 0.2) is 53.6 Å². The number of methoxy groups -OCH3 is 1. The van der Waals surface area contributed by atoms with Gasteiger partial charge in [-0.1, -0.05) is 17.7 Å². The highest BCUT2D eigenvalue weighted by molar-refractivity contribution is 5.83. The number of nitrogens with zero attached hydrogens (tertiary/aromatic N) is 1. The number of rotatable bonds is 6. The average molecular weight is 298 g/mol. The van der Waals surface area contributed by atoms with Crippen LogP contribution in [0.4, 0.5) is 0 Å². The normalized spacial score (nSPS) is 10.5. The Kier molecular flexibility index (Phi) is 5.54. The Hall–Kier alpha value is -2.82. The van der Waals surface area contributed by atoms with Crippen molar-refractivity contribution in [2.75, 3.05) is 13.7 Å². The molecule has 0 spiro atoms. The van der Waals surface area contributed by atoms with E-state index in [2.05, 4.69) is 10.5 Å². The molecule has 0 unspecified atom stereocenters. The molecule has 0 fully saturated rings. The van der Waals surface area contributed by atoms with E-state index < -0.39 is 0 Å². The molecule has 2 rings (SSSR count). The maximum atomic E-state index is 11.6. The molecule has 0 aromatic heterocycles. The summed E-state index contributed by atoms with van der Waals surface area (Å²) in [5, 5.41) is 3.88. The quantitative estimate of drug-likeness (QED) is 0.658. The van der Waals surface area contributed by atoms with E-state index >= 15 is 0 Å². The molecule has 5 heteroatoms. The van der Waals surface area contributed by atoms with Gasteiger partial charge in [-0.2, -0.15) is 5.10 Å². The number of amides is 1. The third-order valence-electron chi connectivity index (χ3n) is 2.91. The highest BCUT2D eigenvalue weighted by atomic mass is 16.5. The number of hydrazone groups is 1. The minimum absolute atomic E-state index is 0.0803.